The predicted molar refractivity (Wildman–Crippen MR) is 138 cm³/mol. The van der Waals surface area contributed by atoms with E-state index < -0.39 is 11.9 Å². The standard InChI is InChI=1S/C27H41N3O4/c1-2-3-4-5-6-7-8-9-10-11-12-13-14-15-16-21(19-25(31)32)26(33)28-22-17-18-23-24(20-22)29-30-27(23)34/h14-15,17-18,20-21H,2-13,16,19H2,1H3,(H,28,33)(H,31,32)(H2,29,30,34)/b15-14+/t21-/m1/s1. The molecule has 0 spiro atoms. The Morgan fingerprint density at radius 3 is 2.24 bits per heavy atom. The SMILES string of the molecule is CCCCCCCCCCCCC/C=C/C[C@H](CC(=O)O)C(=O)Nc1ccc2c(=O)[nH][nH]c2c1. The molecule has 0 unspecified atom stereocenters. The number of unbranched alkanes of at least 4 members (excludes halogenated alkanes) is 11. The molecule has 0 aliphatic rings. The van der Waals surface area contributed by atoms with Crippen LogP contribution in [0.3, 0.4) is 0 Å². The first-order valence-electron chi connectivity index (χ1n) is 12.9. The number of H-pyrrole nitrogens is 2. The molecule has 1 amide bonds. The number of benzene rings is 1. The van der Waals surface area contributed by atoms with E-state index in [1.165, 1.54) is 64.2 Å². The highest BCUT2D eigenvalue weighted by molar-refractivity contribution is 5.96. The second-order valence-electron chi connectivity index (χ2n) is 9.15. The summed E-state index contributed by atoms with van der Waals surface area (Å²) >= 11 is 0. The molecule has 34 heavy (non-hydrogen) atoms. The maximum absolute atomic E-state index is 12.7. The smallest absolute Gasteiger partial charge is 0.304 e. The minimum atomic E-state index is -0.996. The number of anilines is 1. The minimum Gasteiger partial charge on any atom is -0.481 e. The van der Waals surface area contributed by atoms with Crippen molar-refractivity contribution in [1.82, 2.24) is 10.2 Å². The van der Waals surface area contributed by atoms with E-state index >= 15 is 0 Å². The van der Waals surface area contributed by atoms with Crippen molar-refractivity contribution in [3.05, 3.63) is 40.7 Å². The number of aromatic amines is 2. The molecular formula is C27H41N3O4. The Labute approximate surface area is 202 Å². The number of allylic oxidation sites excluding steroid dienone is 2. The van der Waals surface area contributed by atoms with Crippen LogP contribution in [0.5, 0.6) is 0 Å². The molecule has 0 aliphatic heterocycles. The summed E-state index contributed by atoms with van der Waals surface area (Å²) in [4.78, 5) is 35.5. The first kappa shape index (κ1) is 27.4. The van der Waals surface area contributed by atoms with Gasteiger partial charge in [-0.25, -0.2) is 0 Å². The van der Waals surface area contributed by atoms with Gasteiger partial charge in [-0.1, -0.05) is 83.3 Å². The summed E-state index contributed by atoms with van der Waals surface area (Å²) in [7, 11) is 0. The number of aliphatic carboxylic acids is 1. The molecule has 1 aromatic carbocycles. The summed E-state index contributed by atoms with van der Waals surface area (Å²) in [6, 6.07) is 4.93. The second kappa shape index (κ2) is 15.9. The zero-order chi connectivity index (χ0) is 24.6. The Bertz CT molecular complexity index is 960. The maximum Gasteiger partial charge on any atom is 0.304 e. The fraction of sp³-hybridized carbons (Fsp3) is 0.593. The van der Waals surface area contributed by atoms with Gasteiger partial charge >= 0.3 is 5.97 Å². The van der Waals surface area contributed by atoms with Crippen molar-refractivity contribution in [2.45, 2.75) is 96.8 Å². The summed E-state index contributed by atoms with van der Waals surface area (Å²) in [5.41, 5.74) is 0.886. The molecule has 7 nitrogen and oxygen atoms in total. The number of amides is 1. The van der Waals surface area contributed by atoms with Gasteiger partial charge in [0.15, 0.2) is 0 Å². The average Bonchev–Trinajstić information content (AvgIpc) is 3.18. The zero-order valence-corrected chi connectivity index (χ0v) is 20.5. The fourth-order valence-electron chi connectivity index (χ4n) is 4.16. The van der Waals surface area contributed by atoms with E-state index in [0.717, 1.165) is 12.8 Å². The topological polar surface area (TPSA) is 115 Å². The first-order chi connectivity index (χ1) is 16.5. The van der Waals surface area contributed by atoms with E-state index in [1.54, 1.807) is 18.2 Å². The number of hydrogen-bond donors (Lipinski definition) is 4. The Kier molecular flexibility index (Phi) is 12.8. The lowest BCUT2D eigenvalue weighted by molar-refractivity contribution is -0.140. The third kappa shape index (κ3) is 10.4. The highest BCUT2D eigenvalue weighted by atomic mass is 16.4. The quantitative estimate of drug-likeness (QED) is 0.146. The van der Waals surface area contributed by atoms with Crippen LogP contribution in [0, 0.1) is 5.92 Å². The maximum atomic E-state index is 12.7. The van der Waals surface area contributed by atoms with Crippen LogP contribution in [0.25, 0.3) is 10.9 Å². The summed E-state index contributed by atoms with van der Waals surface area (Å²) < 4.78 is 0. The number of carbonyl (C=O) groups is 2. The van der Waals surface area contributed by atoms with Crippen LogP contribution in [0.4, 0.5) is 5.69 Å². The van der Waals surface area contributed by atoms with Crippen LogP contribution in [0.15, 0.2) is 35.1 Å². The number of fused-ring (bicyclic) bond motifs is 1. The van der Waals surface area contributed by atoms with Crippen LogP contribution in [-0.4, -0.2) is 27.2 Å². The Balaban J connectivity index is 1.65. The van der Waals surface area contributed by atoms with Crippen molar-refractivity contribution in [3.8, 4) is 0 Å². The van der Waals surface area contributed by atoms with E-state index in [1.807, 2.05) is 6.08 Å². The molecule has 2 rings (SSSR count). The van der Waals surface area contributed by atoms with E-state index in [-0.39, 0.29) is 17.9 Å². The molecule has 0 fully saturated rings. The fourth-order valence-corrected chi connectivity index (χ4v) is 4.16. The highest BCUT2D eigenvalue weighted by Gasteiger charge is 2.21. The predicted octanol–water partition coefficient (Wildman–Crippen LogP) is 6.53. The summed E-state index contributed by atoms with van der Waals surface area (Å²) in [5, 5.41) is 17.7. The Morgan fingerprint density at radius 1 is 0.941 bits per heavy atom. The number of aromatic nitrogens is 2. The summed E-state index contributed by atoms with van der Waals surface area (Å²) in [6.07, 6.45) is 19.5. The first-order valence-corrected chi connectivity index (χ1v) is 12.9. The lowest BCUT2D eigenvalue weighted by Crippen LogP contribution is -2.24. The molecule has 0 radical (unpaired) electrons. The molecule has 2 aromatic rings. The number of rotatable bonds is 18. The molecule has 0 aliphatic carbocycles. The third-order valence-electron chi connectivity index (χ3n) is 6.20. The Hall–Kier alpha value is -2.83. The number of hydrogen-bond acceptors (Lipinski definition) is 3. The van der Waals surface area contributed by atoms with Gasteiger partial charge in [-0.05, 0) is 37.5 Å². The number of nitrogens with one attached hydrogen (secondary N) is 3. The lowest BCUT2D eigenvalue weighted by Gasteiger charge is -2.13. The van der Waals surface area contributed by atoms with Crippen molar-refractivity contribution >= 4 is 28.5 Å². The van der Waals surface area contributed by atoms with Crippen molar-refractivity contribution in [2.24, 2.45) is 5.92 Å². The molecule has 1 heterocycles. The van der Waals surface area contributed by atoms with E-state index in [2.05, 4.69) is 28.5 Å². The zero-order valence-electron chi connectivity index (χ0n) is 20.5. The number of carboxylic acids is 1. The third-order valence-corrected chi connectivity index (χ3v) is 6.20. The molecule has 188 valence electrons. The molecular weight excluding hydrogens is 430 g/mol. The molecule has 0 saturated heterocycles. The van der Waals surface area contributed by atoms with Gasteiger partial charge in [-0.15, -0.1) is 0 Å². The number of carboxylic acid groups (broad SMARTS) is 1. The molecule has 1 atom stereocenters. The van der Waals surface area contributed by atoms with E-state index in [9.17, 15) is 19.5 Å². The van der Waals surface area contributed by atoms with Crippen molar-refractivity contribution in [1.29, 1.82) is 0 Å². The van der Waals surface area contributed by atoms with Crippen LogP contribution >= 0.6 is 0 Å². The molecule has 4 N–H and O–H groups in total. The van der Waals surface area contributed by atoms with Gasteiger partial charge in [0.2, 0.25) is 5.91 Å². The minimum absolute atomic E-state index is 0.223. The van der Waals surface area contributed by atoms with Crippen LogP contribution in [0.1, 0.15) is 96.8 Å². The van der Waals surface area contributed by atoms with Gasteiger partial charge in [-0.2, -0.15) is 0 Å². The lowest BCUT2D eigenvalue weighted by atomic mass is 9.99. The number of carbonyl (C=O) groups excluding carboxylic acids is 1. The van der Waals surface area contributed by atoms with Crippen molar-refractivity contribution in [3.63, 3.8) is 0 Å². The molecule has 0 bridgehead atoms. The van der Waals surface area contributed by atoms with Gasteiger partial charge in [0.05, 0.1) is 23.2 Å². The summed E-state index contributed by atoms with van der Waals surface area (Å²) in [6.45, 7) is 2.25. The van der Waals surface area contributed by atoms with E-state index in [4.69, 9.17) is 0 Å². The van der Waals surface area contributed by atoms with Gasteiger partial charge in [0.1, 0.15) is 0 Å². The Morgan fingerprint density at radius 2 is 1.59 bits per heavy atom. The van der Waals surface area contributed by atoms with Crippen molar-refractivity contribution in [2.75, 3.05) is 5.32 Å². The van der Waals surface area contributed by atoms with Crippen LogP contribution in [-0.2, 0) is 9.59 Å². The van der Waals surface area contributed by atoms with E-state index in [0.29, 0.717) is 23.0 Å². The van der Waals surface area contributed by atoms with Gasteiger partial charge in [0, 0.05) is 5.69 Å². The van der Waals surface area contributed by atoms with Crippen LogP contribution < -0.4 is 10.9 Å². The normalized spacial score (nSPS) is 12.4. The van der Waals surface area contributed by atoms with Gasteiger partial charge in [-0.3, -0.25) is 24.6 Å². The largest absolute Gasteiger partial charge is 0.481 e. The van der Waals surface area contributed by atoms with Crippen molar-refractivity contribution < 1.29 is 14.7 Å². The summed E-state index contributed by atoms with van der Waals surface area (Å²) in [5.74, 6) is -1.98. The molecule has 7 heteroatoms. The monoisotopic (exact) mass is 471 g/mol. The molecule has 1 aromatic heterocycles. The van der Waals surface area contributed by atoms with Gasteiger partial charge in [0.25, 0.3) is 5.56 Å². The second-order valence-corrected chi connectivity index (χ2v) is 9.15. The highest BCUT2D eigenvalue weighted by Crippen LogP contribution is 2.18. The average molecular weight is 472 g/mol. The van der Waals surface area contributed by atoms with Crippen LogP contribution in [0.2, 0.25) is 0 Å². The van der Waals surface area contributed by atoms with Gasteiger partial charge < -0.3 is 10.4 Å². The molecule has 0 saturated carbocycles.